The summed E-state index contributed by atoms with van der Waals surface area (Å²) < 4.78 is 26.1. The highest BCUT2D eigenvalue weighted by Crippen LogP contribution is 2.24. The van der Waals surface area contributed by atoms with Crippen LogP contribution in [0.5, 0.6) is 0 Å². The topological polar surface area (TPSA) is 38.0 Å². The van der Waals surface area contributed by atoms with E-state index in [1.165, 1.54) is 12.1 Å². The van der Waals surface area contributed by atoms with Crippen molar-refractivity contribution in [1.29, 1.82) is 0 Å². The number of benzene rings is 2. The van der Waals surface area contributed by atoms with Gasteiger partial charge in [-0.25, -0.2) is 8.78 Å². The van der Waals surface area contributed by atoms with Gasteiger partial charge in [-0.05, 0) is 30.3 Å². The average Bonchev–Trinajstić information content (AvgIpc) is 2.26. The van der Waals surface area contributed by atoms with Crippen LogP contribution in [-0.2, 0) is 0 Å². The van der Waals surface area contributed by atoms with E-state index in [0.717, 1.165) is 6.07 Å². The number of rotatable bonds is 3. The van der Waals surface area contributed by atoms with Crippen molar-refractivity contribution in [3.8, 4) is 0 Å². The Morgan fingerprint density at radius 3 is 2.21 bits per heavy atom. The molecule has 0 saturated carbocycles. The summed E-state index contributed by atoms with van der Waals surface area (Å²) in [4.78, 5) is 0.188. The molecule has 0 amide bonds. The first-order valence-electron chi connectivity index (χ1n) is 5.28. The molecular weight excluding hydrogens is 290 g/mol. The number of nitrogens with one attached hydrogen (secondary N) is 1. The predicted molar refractivity (Wildman–Crippen MR) is 77.0 cm³/mol. The molecule has 0 saturated heterocycles. The molecule has 0 radical (unpaired) electrons. The second-order valence-corrected chi connectivity index (χ2v) is 4.69. The molecule has 2 aromatic carbocycles. The lowest BCUT2D eigenvalue weighted by molar-refractivity contribution is 0.584. The lowest BCUT2D eigenvalue weighted by Crippen LogP contribution is -2.09. The second kappa shape index (κ2) is 5.50. The molecule has 0 bridgehead atoms. The third-order valence-corrected chi connectivity index (χ3v) is 2.92. The molecule has 0 fully saturated rings. The van der Waals surface area contributed by atoms with E-state index in [9.17, 15) is 8.78 Å². The zero-order chi connectivity index (χ0) is 14.0. The molecule has 0 spiro atoms. The first-order chi connectivity index (χ1) is 8.95. The maximum absolute atomic E-state index is 13.0. The Hall–Kier alpha value is -1.72. The van der Waals surface area contributed by atoms with Gasteiger partial charge >= 0.3 is 0 Å². The van der Waals surface area contributed by atoms with Crippen LogP contribution in [0, 0.1) is 11.6 Å². The third-order valence-electron chi connectivity index (χ3n) is 2.39. The van der Waals surface area contributed by atoms with E-state index in [0.29, 0.717) is 16.3 Å². The number of halogens is 3. The molecule has 98 valence electrons. The molecule has 0 heterocycles. The Labute approximate surface area is 119 Å². The number of hydrogen-bond acceptors (Lipinski definition) is 2. The minimum atomic E-state index is -0.659. The van der Waals surface area contributed by atoms with Crippen molar-refractivity contribution >= 4 is 40.2 Å². The third kappa shape index (κ3) is 3.39. The van der Waals surface area contributed by atoms with Crippen LogP contribution in [0.2, 0.25) is 5.02 Å². The highest BCUT2D eigenvalue weighted by molar-refractivity contribution is 7.80. The van der Waals surface area contributed by atoms with E-state index in [1.807, 2.05) is 0 Å². The van der Waals surface area contributed by atoms with Crippen LogP contribution in [-0.4, -0.2) is 4.99 Å². The van der Waals surface area contributed by atoms with E-state index in [2.05, 4.69) is 5.32 Å². The molecule has 0 atom stereocenters. The summed E-state index contributed by atoms with van der Waals surface area (Å²) in [5.74, 6) is -1.32. The van der Waals surface area contributed by atoms with Gasteiger partial charge in [0.05, 0.1) is 5.02 Å². The van der Waals surface area contributed by atoms with Crippen molar-refractivity contribution in [3.05, 3.63) is 58.6 Å². The zero-order valence-electron chi connectivity index (χ0n) is 9.58. The fourth-order valence-corrected chi connectivity index (χ4v) is 2.10. The molecule has 3 N–H and O–H groups in total. The Morgan fingerprint density at radius 2 is 1.68 bits per heavy atom. The second-order valence-electron chi connectivity index (χ2n) is 3.84. The first-order valence-corrected chi connectivity index (χ1v) is 6.07. The molecule has 19 heavy (non-hydrogen) atoms. The first kappa shape index (κ1) is 13.7. The maximum atomic E-state index is 13.0. The van der Waals surface area contributed by atoms with E-state index in [-0.39, 0.29) is 10.7 Å². The highest BCUT2D eigenvalue weighted by Gasteiger charge is 2.06. The van der Waals surface area contributed by atoms with Gasteiger partial charge in [-0.1, -0.05) is 23.8 Å². The van der Waals surface area contributed by atoms with Crippen molar-refractivity contribution < 1.29 is 8.78 Å². The van der Waals surface area contributed by atoms with Crippen LogP contribution < -0.4 is 11.1 Å². The lowest BCUT2D eigenvalue weighted by Gasteiger charge is -2.09. The van der Waals surface area contributed by atoms with Crippen LogP contribution in [0.3, 0.4) is 0 Å². The summed E-state index contributed by atoms with van der Waals surface area (Å²) >= 11 is 10.8. The van der Waals surface area contributed by atoms with Gasteiger partial charge in [-0.15, -0.1) is 0 Å². The maximum Gasteiger partial charge on any atom is 0.128 e. The van der Waals surface area contributed by atoms with Crippen LogP contribution in [0.15, 0.2) is 36.4 Å². The zero-order valence-corrected chi connectivity index (χ0v) is 11.2. The number of thiocarbonyl (C=S) groups is 1. The van der Waals surface area contributed by atoms with Crippen molar-refractivity contribution in [2.75, 3.05) is 5.32 Å². The lowest BCUT2D eigenvalue weighted by atomic mass is 10.2. The van der Waals surface area contributed by atoms with Gasteiger partial charge in [0.25, 0.3) is 0 Å². The van der Waals surface area contributed by atoms with Crippen molar-refractivity contribution in [2.24, 2.45) is 5.73 Å². The van der Waals surface area contributed by atoms with Gasteiger partial charge in [-0.2, -0.15) is 0 Å². The smallest absolute Gasteiger partial charge is 0.128 e. The Bertz CT molecular complexity index is 626. The standard InChI is InChI=1S/C13H9ClF2N2S/c14-12-6-9(1-2-11(12)13(17)19)18-10-4-7(15)3-8(16)5-10/h1-6,18H,(H2,17,19). The quantitative estimate of drug-likeness (QED) is 0.841. The van der Waals surface area contributed by atoms with Gasteiger partial charge in [0.2, 0.25) is 0 Å². The number of nitrogens with two attached hydrogens (primary N) is 1. The van der Waals surface area contributed by atoms with Crippen molar-refractivity contribution in [2.45, 2.75) is 0 Å². The summed E-state index contributed by atoms with van der Waals surface area (Å²) in [6, 6.07) is 8.05. The Balaban J connectivity index is 2.28. The largest absolute Gasteiger partial charge is 0.389 e. The SMILES string of the molecule is NC(=S)c1ccc(Nc2cc(F)cc(F)c2)cc1Cl. The van der Waals surface area contributed by atoms with Crippen LogP contribution >= 0.6 is 23.8 Å². The molecule has 2 rings (SSSR count). The summed E-state index contributed by atoms with van der Waals surface area (Å²) in [5, 5.41) is 3.21. The summed E-state index contributed by atoms with van der Waals surface area (Å²) in [6.45, 7) is 0. The van der Waals surface area contributed by atoms with Crippen LogP contribution in [0.25, 0.3) is 0 Å². The Morgan fingerprint density at radius 1 is 1.05 bits per heavy atom. The normalized spacial score (nSPS) is 10.3. The monoisotopic (exact) mass is 298 g/mol. The average molecular weight is 299 g/mol. The summed E-state index contributed by atoms with van der Waals surface area (Å²) in [7, 11) is 0. The summed E-state index contributed by atoms with van der Waals surface area (Å²) in [6.07, 6.45) is 0. The van der Waals surface area contributed by atoms with Gasteiger partial charge in [0, 0.05) is 23.0 Å². The predicted octanol–water partition coefficient (Wildman–Crippen LogP) is 4.00. The van der Waals surface area contributed by atoms with E-state index < -0.39 is 11.6 Å². The number of anilines is 2. The van der Waals surface area contributed by atoms with Crippen molar-refractivity contribution in [3.63, 3.8) is 0 Å². The minimum absolute atomic E-state index is 0.188. The van der Waals surface area contributed by atoms with E-state index in [4.69, 9.17) is 29.6 Å². The summed E-state index contributed by atoms with van der Waals surface area (Å²) in [5.41, 5.74) is 6.90. The molecule has 6 heteroatoms. The molecule has 0 aliphatic heterocycles. The minimum Gasteiger partial charge on any atom is -0.389 e. The van der Waals surface area contributed by atoms with Gasteiger partial charge in [0.1, 0.15) is 16.6 Å². The van der Waals surface area contributed by atoms with E-state index >= 15 is 0 Å². The number of hydrogen-bond donors (Lipinski definition) is 2. The molecular formula is C13H9ClF2N2S. The van der Waals surface area contributed by atoms with Crippen LogP contribution in [0.4, 0.5) is 20.2 Å². The Kier molecular flexibility index (Phi) is 3.97. The van der Waals surface area contributed by atoms with Gasteiger partial charge in [0.15, 0.2) is 0 Å². The highest BCUT2D eigenvalue weighted by atomic mass is 35.5. The molecule has 0 unspecified atom stereocenters. The van der Waals surface area contributed by atoms with Gasteiger partial charge in [-0.3, -0.25) is 0 Å². The van der Waals surface area contributed by atoms with Crippen molar-refractivity contribution in [1.82, 2.24) is 0 Å². The molecule has 0 aromatic heterocycles. The van der Waals surface area contributed by atoms with Gasteiger partial charge < -0.3 is 11.1 Å². The molecule has 0 aliphatic carbocycles. The van der Waals surface area contributed by atoms with Crippen LogP contribution in [0.1, 0.15) is 5.56 Å². The molecule has 0 aliphatic rings. The molecule has 2 nitrogen and oxygen atoms in total. The fourth-order valence-electron chi connectivity index (χ4n) is 1.59. The van der Waals surface area contributed by atoms with E-state index in [1.54, 1.807) is 18.2 Å². The fraction of sp³-hybridized carbons (Fsp3) is 0. The molecule has 2 aromatic rings.